The molecule has 4 rings (SSSR count). The van der Waals surface area contributed by atoms with Crippen LogP contribution in [-0.4, -0.2) is 38.8 Å². The summed E-state index contributed by atoms with van der Waals surface area (Å²) in [5, 5.41) is 0. The highest BCUT2D eigenvalue weighted by molar-refractivity contribution is 5.33. The van der Waals surface area contributed by atoms with Gasteiger partial charge in [0.1, 0.15) is 0 Å². The molecular weight excluding hydrogens is 438 g/mol. The van der Waals surface area contributed by atoms with E-state index in [-0.39, 0.29) is 24.1 Å². The van der Waals surface area contributed by atoms with Crippen LogP contribution in [0.4, 0.5) is 8.78 Å². The van der Waals surface area contributed by atoms with Crippen molar-refractivity contribution in [3.8, 4) is 5.75 Å². The smallest absolute Gasteiger partial charge is 0.200 e. The first-order chi connectivity index (χ1) is 16.6. The highest BCUT2D eigenvalue weighted by Crippen LogP contribution is 2.41. The normalized spacial score (nSPS) is 32.5. The Morgan fingerprint density at radius 2 is 1.56 bits per heavy atom. The molecule has 6 heteroatoms. The van der Waals surface area contributed by atoms with Crippen LogP contribution in [0.25, 0.3) is 0 Å². The van der Waals surface area contributed by atoms with Crippen molar-refractivity contribution < 1.29 is 27.7 Å². The van der Waals surface area contributed by atoms with Gasteiger partial charge in [-0.3, -0.25) is 0 Å². The Labute approximate surface area is 203 Å². The average molecular weight is 481 g/mol. The second-order valence-corrected chi connectivity index (χ2v) is 10.4. The van der Waals surface area contributed by atoms with Crippen LogP contribution in [0.2, 0.25) is 0 Å². The highest BCUT2D eigenvalue weighted by Gasteiger charge is 2.37. The molecule has 0 spiro atoms. The lowest BCUT2D eigenvalue weighted by Gasteiger charge is -2.41. The number of benzene rings is 1. The molecule has 2 unspecified atom stereocenters. The van der Waals surface area contributed by atoms with Crippen molar-refractivity contribution in [2.75, 3.05) is 26.4 Å². The van der Waals surface area contributed by atoms with Crippen LogP contribution in [0.5, 0.6) is 5.75 Å². The highest BCUT2D eigenvalue weighted by atomic mass is 19.2. The minimum atomic E-state index is -0.890. The summed E-state index contributed by atoms with van der Waals surface area (Å²) in [7, 11) is 0. The summed E-state index contributed by atoms with van der Waals surface area (Å²) in [6, 6.07) is 3.19. The van der Waals surface area contributed by atoms with Crippen molar-refractivity contribution in [1.29, 1.82) is 0 Å². The summed E-state index contributed by atoms with van der Waals surface area (Å²) in [5.74, 6) is -0.246. The van der Waals surface area contributed by atoms with E-state index in [1.165, 1.54) is 31.7 Å². The van der Waals surface area contributed by atoms with Crippen LogP contribution < -0.4 is 4.74 Å². The molecule has 0 radical (unpaired) electrons. The van der Waals surface area contributed by atoms with Crippen molar-refractivity contribution in [2.24, 2.45) is 17.8 Å². The first-order valence-corrected chi connectivity index (χ1v) is 13.6. The Kier molecular flexibility index (Phi) is 9.61. The van der Waals surface area contributed by atoms with E-state index < -0.39 is 11.6 Å². The predicted octanol–water partition coefficient (Wildman–Crippen LogP) is 7.00. The number of hydrogen-bond acceptors (Lipinski definition) is 4. The molecule has 1 saturated carbocycles. The molecule has 34 heavy (non-hydrogen) atoms. The van der Waals surface area contributed by atoms with E-state index >= 15 is 0 Å². The molecule has 2 aliphatic heterocycles. The zero-order chi connectivity index (χ0) is 23.9. The summed E-state index contributed by atoms with van der Waals surface area (Å²) >= 11 is 0. The molecule has 3 fully saturated rings. The van der Waals surface area contributed by atoms with Gasteiger partial charge >= 0.3 is 0 Å². The fraction of sp³-hybridized carbons (Fsp3) is 0.786. The number of ether oxygens (including phenoxy) is 4. The SMILES string of the molecule is CCCCCC1COC(C2CCC(C3CCC(c4ccc(OCC)c(F)c4F)CO3)CC2)OC1. The Hall–Kier alpha value is -1.24. The molecule has 4 nitrogen and oxygen atoms in total. The number of hydrogen-bond donors (Lipinski definition) is 0. The first kappa shape index (κ1) is 25.8. The van der Waals surface area contributed by atoms with Gasteiger partial charge in [-0.1, -0.05) is 32.3 Å². The van der Waals surface area contributed by atoms with E-state index in [1.54, 1.807) is 13.0 Å². The Balaban J connectivity index is 1.19. The Bertz CT molecular complexity index is 749. The van der Waals surface area contributed by atoms with Crippen LogP contribution in [0.15, 0.2) is 12.1 Å². The van der Waals surface area contributed by atoms with Crippen molar-refractivity contribution in [1.82, 2.24) is 0 Å². The van der Waals surface area contributed by atoms with Gasteiger partial charge in [0.25, 0.3) is 0 Å². The van der Waals surface area contributed by atoms with E-state index in [0.29, 0.717) is 36.5 Å². The maximum absolute atomic E-state index is 14.6. The van der Waals surface area contributed by atoms with Gasteiger partial charge in [0.2, 0.25) is 5.82 Å². The third-order valence-electron chi connectivity index (χ3n) is 8.06. The molecule has 2 saturated heterocycles. The monoisotopic (exact) mass is 480 g/mol. The fourth-order valence-electron chi connectivity index (χ4n) is 5.99. The van der Waals surface area contributed by atoms with Crippen LogP contribution in [0.1, 0.15) is 89.5 Å². The van der Waals surface area contributed by atoms with E-state index in [0.717, 1.165) is 51.7 Å². The molecule has 1 aromatic carbocycles. The molecule has 2 heterocycles. The Morgan fingerprint density at radius 1 is 0.824 bits per heavy atom. The molecule has 0 bridgehead atoms. The van der Waals surface area contributed by atoms with Crippen molar-refractivity contribution in [3.05, 3.63) is 29.3 Å². The van der Waals surface area contributed by atoms with Gasteiger partial charge in [-0.15, -0.1) is 0 Å². The second kappa shape index (κ2) is 12.6. The van der Waals surface area contributed by atoms with Gasteiger partial charge in [0, 0.05) is 17.8 Å². The van der Waals surface area contributed by atoms with Gasteiger partial charge in [-0.2, -0.15) is 4.39 Å². The standard InChI is InChI=1S/C28H42F2O4/c1-3-5-6-7-19-16-33-28(34-17-19)21-10-8-20(9-11-21)24-14-12-22(18-32-24)23-13-15-25(31-4-2)27(30)26(23)29/h13,15,19-22,24,28H,3-12,14,16-18H2,1-2H3. The van der Waals surface area contributed by atoms with Gasteiger partial charge in [-0.05, 0) is 69.4 Å². The minimum Gasteiger partial charge on any atom is -0.491 e. The maximum Gasteiger partial charge on any atom is 0.200 e. The molecule has 0 N–H and O–H groups in total. The van der Waals surface area contributed by atoms with Gasteiger partial charge in [0.15, 0.2) is 17.9 Å². The van der Waals surface area contributed by atoms with Crippen LogP contribution in [0.3, 0.4) is 0 Å². The topological polar surface area (TPSA) is 36.9 Å². The zero-order valence-corrected chi connectivity index (χ0v) is 20.9. The fourth-order valence-corrected chi connectivity index (χ4v) is 5.99. The predicted molar refractivity (Wildman–Crippen MR) is 128 cm³/mol. The largest absolute Gasteiger partial charge is 0.491 e. The minimum absolute atomic E-state index is 0.0203. The lowest BCUT2D eigenvalue weighted by Crippen LogP contribution is -2.40. The number of unbranched alkanes of at least 4 members (excludes halogenated alkanes) is 2. The summed E-state index contributed by atoms with van der Waals surface area (Å²) in [6.07, 6.45) is 11.4. The lowest BCUT2D eigenvalue weighted by molar-refractivity contribution is -0.231. The Morgan fingerprint density at radius 3 is 2.21 bits per heavy atom. The maximum atomic E-state index is 14.6. The molecule has 2 atom stereocenters. The van der Waals surface area contributed by atoms with Crippen LogP contribution in [0, 0.1) is 29.4 Å². The molecule has 3 aliphatic rings. The molecule has 1 aliphatic carbocycles. The quantitative estimate of drug-likeness (QED) is 0.357. The van der Waals surface area contributed by atoms with Crippen LogP contribution >= 0.6 is 0 Å². The van der Waals surface area contributed by atoms with Crippen LogP contribution in [-0.2, 0) is 14.2 Å². The second-order valence-electron chi connectivity index (χ2n) is 10.4. The summed E-state index contributed by atoms with van der Waals surface area (Å²) in [4.78, 5) is 0. The van der Waals surface area contributed by atoms with Crippen molar-refractivity contribution in [2.45, 2.75) is 96.4 Å². The summed E-state index contributed by atoms with van der Waals surface area (Å²) < 4.78 is 52.5. The van der Waals surface area contributed by atoms with Gasteiger partial charge < -0.3 is 18.9 Å². The van der Waals surface area contributed by atoms with E-state index in [9.17, 15) is 8.78 Å². The average Bonchev–Trinajstić information content (AvgIpc) is 2.88. The van der Waals surface area contributed by atoms with Crippen molar-refractivity contribution >= 4 is 0 Å². The molecular formula is C28H42F2O4. The van der Waals surface area contributed by atoms with Gasteiger partial charge in [-0.25, -0.2) is 4.39 Å². The third-order valence-corrected chi connectivity index (χ3v) is 8.06. The molecule has 0 amide bonds. The van der Waals surface area contributed by atoms with Crippen molar-refractivity contribution in [3.63, 3.8) is 0 Å². The zero-order valence-electron chi connectivity index (χ0n) is 20.9. The summed E-state index contributed by atoms with van der Waals surface area (Å²) in [6.45, 7) is 6.43. The van der Waals surface area contributed by atoms with Gasteiger partial charge in [0.05, 0.1) is 32.5 Å². The molecule has 1 aromatic rings. The van der Waals surface area contributed by atoms with E-state index in [4.69, 9.17) is 18.9 Å². The number of halogens is 2. The van der Waals surface area contributed by atoms with E-state index in [2.05, 4.69) is 6.92 Å². The number of rotatable bonds is 9. The van der Waals surface area contributed by atoms with E-state index in [1.807, 2.05) is 0 Å². The molecule has 192 valence electrons. The molecule has 0 aromatic heterocycles. The summed E-state index contributed by atoms with van der Waals surface area (Å²) in [5.41, 5.74) is 0.405. The first-order valence-electron chi connectivity index (χ1n) is 13.6. The third kappa shape index (κ3) is 6.30. The lowest BCUT2D eigenvalue weighted by atomic mass is 9.76.